The van der Waals surface area contributed by atoms with Crippen molar-refractivity contribution in [3.63, 3.8) is 0 Å². The van der Waals surface area contributed by atoms with Gasteiger partial charge in [-0.3, -0.25) is 14.3 Å². The summed E-state index contributed by atoms with van der Waals surface area (Å²) in [6.07, 6.45) is 2.22. The van der Waals surface area contributed by atoms with Crippen LogP contribution in [0.15, 0.2) is 47.4 Å². The number of hydrogen-bond donors (Lipinski definition) is 2. The van der Waals surface area contributed by atoms with E-state index in [-0.39, 0.29) is 16.7 Å². The normalized spacial score (nSPS) is 15.7. The Morgan fingerprint density at radius 1 is 1.06 bits per heavy atom. The van der Waals surface area contributed by atoms with Crippen molar-refractivity contribution >= 4 is 27.5 Å². The predicted molar refractivity (Wildman–Crippen MR) is 124 cm³/mol. The molecule has 33 heavy (non-hydrogen) atoms. The highest BCUT2D eigenvalue weighted by atomic mass is 32.2. The van der Waals surface area contributed by atoms with Crippen molar-refractivity contribution in [2.75, 3.05) is 32.0 Å². The van der Waals surface area contributed by atoms with Gasteiger partial charge in [-0.05, 0) is 55.7 Å². The lowest BCUT2D eigenvalue weighted by Gasteiger charge is -2.24. The number of ether oxygens (including phenoxy) is 2. The Balaban J connectivity index is 1.72. The summed E-state index contributed by atoms with van der Waals surface area (Å²) in [5, 5.41) is 2.85. The lowest BCUT2D eigenvalue weighted by molar-refractivity contribution is -0.124. The van der Waals surface area contributed by atoms with Gasteiger partial charge in [0.2, 0.25) is 5.91 Å². The van der Waals surface area contributed by atoms with Crippen LogP contribution < -0.4 is 19.5 Å². The molecule has 1 saturated heterocycles. The molecule has 10 heteroatoms. The molecule has 0 radical (unpaired) electrons. The maximum atomic E-state index is 13.0. The van der Waals surface area contributed by atoms with Crippen LogP contribution in [0.1, 0.15) is 36.5 Å². The molecule has 1 unspecified atom stereocenters. The van der Waals surface area contributed by atoms with E-state index in [0.29, 0.717) is 42.3 Å². The molecule has 0 aromatic heterocycles. The fraction of sp³-hybridized carbons (Fsp3) is 0.391. The molecule has 0 aliphatic carbocycles. The van der Waals surface area contributed by atoms with Gasteiger partial charge in [-0.15, -0.1) is 0 Å². The summed E-state index contributed by atoms with van der Waals surface area (Å²) in [6.45, 7) is 3.06. The number of nitrogens with one attached hydrogen (secondary N) is 2. The van der Waals surface area contributed by atoms with Crippen molar-refractivity contribution in [3.8, 4) is 11.5 Å². The van der Waals surface area contributed by atoms with E-state index in [4.69, 9.17) is 9.47 Å². The minimum absolute atomic E-state index is 0.0123. The summed E-state index contributed by atoms with van der Waals surface area (Å²) in [6, 6.07) is 9.96. The molecule has 0 saturated carbocycles. The average molecular weight is 476 g/mol. The van der Waals surface area contributed by atoms with E-state index in [9.17, 15) is 18.0 Å². The van der Waals surface area contributed by atoms with E-state index in [2.05, 4.69) is 10.0 Å². The van der Waals surface area contributed by atoms with Crippen LogP contribution >= 0.6 is 0 Å². The number of hydrogen-bond acceptors (Lipinski definition) is 6. The maximum absolute atomic E-state index is 13.0. The smallest absolute Gasteiger partial charge is 0.262 e. The van der Waals surface area contributed by atoms with Gasteiger partial charge < -0.3 is 19.7 Å². The molecular formula is C23H29N3O6S. The largest absolute Gasteiger partial charge is 0.493 e. The number of carbonyl (C=O) groups excluding carboxylic acids is 2. The first-order chi connectivity index (χ1) is 15.8. The van der Waals surface area contributed by atoms with Crippen LogP contribution in [0.5, 0.6) is 11.5 Å². The topological polar surface area (TPSA) is 114 Å². The average Bonchev–Trinajstić information content (AvgIpc) is 3.32. The summed E-state index contributed by atoms with van der Waals surface area (Å²) in [7, 11) is -0.989. The van der Waals surface area contributed by atoms with Gasteiger partial charge in [0.1, 0.15) is 6.04 Å². The van der Waals surface area contributed by atoms with E-state index in [1.807, 2.05) is 6.92 Å². The minimum Gasteiger partial charge on any atom is -0.493 e. The van der Waals surface area contributed by atoms with Crippen LogP contribution in [-0.4, -0.2) is 58.5 Å². The highest BCUT2D eigenvalue weighted by Gasteiger charge is 2.34. The molecule has 1 aliphatic rings. The van der Waals surface area contributed by atoms with Crippen molar-refractivity contribution in [3.05, 3.63) is 48.0 Å². The number of anilines is 1. The monoisotopic (exact) mass is 475 g/mol. The van der Waals surface area contributed by atoms with E-state index in [0.717, 1.165) is 12.8 Å². The van der Waals surface area contributed by atoms with Gasteiger partial charge in [-0.25, -0.2) is 8.42 Å². The first-order valence-electron chi connectivity index (χ1n) is 10.7. The van der Waals surface area contributed by atoms with E-state index < -0.39 is 16.1 Å². The fourth-order valence-corrected chi connectivity index (χ4v) is 4.77. The van der Waals surface area contributed by atoms with Gasteiger partial charge in [0.05, 0.1) is 19.1 Å². The van der Waals surface area contributed by atoms with Gasteiger partial charge in [-0.2, -0.15) is 0 Å². The Morgan fingerprint density at radius 3 is 2.39 bits per heavy atom. The molecule has 2 aromatic rings. The molecule has 2 aromatic carbocycles. The van der Waals surface area contributed by atoms with Crippen LogP contribution in [0.25, 0.3) is 0 Å². The number of carbonyl (C=O) groups is 2. The molecule has 3 rings (SSSR count). The van der Waals surface area contributed by atoms with Crippen molar-refractivity contribution in [2.45, 2.75) is 37.1 Å². The second kappa shape index (κ2) is 10.6. The summed E-state index contributed by atoms with van der Waals surface area (Å²) < 4.78 is 38.4. The Bertz CT molecular complexity index is 1100. The zero-order valence-corrected chi connectivity index (χ0v) is 19.8. The standard InChI is InChI=1S/C23H29N3O6S/c1-4-13-24-22(27)19-6-5-14-26(19)23(28)16-7-9-17(10-8-16)25-33(29,30)18-11-12-20(31-2)21(15-18)32-3/h7-12,15,19,25H,4-6,13-14H2,1-3H3,(H,24,27). The number of benzene rings is 2. The minimum atomic E-state index is -3.88. The van der Waals surface area contributed by atoms with Crippen LogP contribution in [-0.2, 0) is 14.8 Å². The lowest BCUT2D eigenvalue weighted by Crippen LogP contribution is -2.46. The molecule has 2 amide bonds. The third-order valence-electron chi connectivity index (χ3n) is 5.41. The van der Waals surface area contributed by atoms with Crippen LogP contribution in [0.4, 0.5) is 5.69 Å². The maximum Gasteiger partial charge on any atom is 0.262 e. The van der Waals surface area contributed by atoms with Crippen molar-refractivity contribution < 1.29 is 27.5 Å². The van der Waals surface area contributed by atoms with Gasteiger partial charge in [0.25, 0.3) is 15.9 Å². The summed E-state index contributed by atoms with van der Waals surface area (Å²) in [5.74, 6) is 0.327. The predicted octanol–water partition coefficient (Wildman–Crippen LogP) is 2.64. The zero-order chi connectivity index (χ0) is 24.0. The Kier molecular flexibility index (Phi) is 7.80. The lowest BCUT2D eigenvalue weighted by atomic mass is 10.1. The molecule has 178 valence electrons. The first kappa shape index (κ1) is 24.4. The van der Waals surface area contributed by atoms with Gasteiger partial charge >= 0.3 is 0 Å². The highest BCUT2D eigenvalue weighted by Crippen LogP contribution is 2.30. The molecule has 1 aliphatic heterocycles. The molecule has 0 spiro atoms. The number of sulfonamides is 1. The first-order valence-corrected chi connectivity index (χ1v) is 12.2. The fourth-order valence-electron chi connectivity index (χ4n) is 3.69. The van der Waals surface area contributed by atoms with Gasteiger partial charge in [0, 0.05) is 30.4 Å². The molecule has 9 nitrogen and oxygen atoms in total. The number of likely N-dealkylation sites (tertiary alicyclic amines) is 1. The Hall–Kier alpha value is -3.27. The van der Waals surface area contributed by atoms with E-state index in [1.165, 1.54) is 44.6 Å². The molecular weight excluding hydrogens is 446 g/mol. The summed E-state index contributed by atoms with van der Waals surface area (Å²) in [4.78, 5) is 26.9. The quantitative estimate of drug-likeness (QED) is 0.576. The molecule has 1 heterocycles. The number of rotatable bonds is 9. The zero-order valence-electron chi connectivity index (χ0n) is 19.0. The number of nitrogens with zero attached hydrogens (tertiary/aromatic N) is 1. The van der Waals surface area contributed by atoms with E-state index in [1.54, 1.807) is 17.0 Å². The van der Waals surface area contributed by atoms with Crippen molar-refractivity contribution in [1.82, 2.24) is 10.2 Å². The van der Waals surface area contributed by atoms with Crippen molar-refractivity contribution in [1.29, 1.82) is 0 Å². The van der Waals surface area contributed by atoms with Crippen LogP contribution in [0, 0.1) is 0 Å². The SMILES string of the molecule is CCCNC(=O)C1CCCN1C(=O)c1ccc(NS(=O)(=O)c2ccc(OC)c(OC)c2)cc1. The summed E-state index contributed by atoms with van der Waals surface area (Å²) in [5.41, 5.74) is 0.694. The Morgan fingerprint density at radius 2 is 1.76 bits per heavy atom. The van der Waals surface area contributed by atoms with Crippen LogP contribution in [0.3, 0.4) is 0 Å². The third kappa shape index (κ3) is 5.57. The van der Waals surface area contributed by atoms with E-state index >= 15 is 0 Å². The van der Waals surface area contributed by atoms with Gasteiger partial charge in [0.15, 0.2) is 11.5 Å². The highest BCUT2D eigenvalue weighted by molar-refractivity contribution is 7.92. The second-order valence-corrected chi connectivity index (χ2v) is 9.33. The van der Waals surface area contributed by atoms with Gasteiger partial charge in [-0.1, -0.05) is 6.92 Å². The molecule has 1 fully saturated rings. The molecule has 0 bridgehead atoms. The Labute approximate surface area is 194 Å². The number of amides is 2. The molecule has 2 N–H and O–H groups in total. The summed E-state index contributed by atoms with van der Waals surface area (Å²) >= 11 is 0. The second-order valence-electron chi connectivity index (χ2n) is 7.65. The van der Waals surface area contributed by atoms with Crippen LogP contribution in [0.2, 0.25) is 0 Å². The number of methoxy groups -OCH3 is 2. The third-order valence-corrected chi connectivity index (χ3v) is 6.79. The molecule has 1 atom stereocenters. The van der Waals surface area contributed by atoms with Crippen molar-refractivity contribution in [2.24, 2.45) is 0 Å².